The lowest BCUT2D eigenvalue weighted by Crippen LogP contribution is -2.21. The molecule has 5 nitrogen and oxygen atoms in total. The van der Waals surface area contributed by atoms with E-state index in [1.807, 2.05) is 31.2 Å². The molecule has 0 aliphatic heterocycles. The first-order chi connectivity index (χ1) is 15.1. The van der Waals surface area contributed by atoms with E-state index in [1.165, 1.54) is 6.08 Å². The maximum Gasteiger partial charge on any atom is 0.262 e. The molecule has 3 aromatic carbocycles. The van der Waals surface area contributed by atoms with Crippen LogP contribution in [0.1, 0.15) is 38.8 Å². The number of Topliss-reactive ketones (excluding diaryl/α,β-unsaturated/α-hetero) is 2. The molecule has 31 heavy (non-hydrogen) atoms. The molecule has 0 bridgehead atoms. The number of benzene rings is 3. The van der Waals surface area contributed by atoms with Gasteiger partial charge in [-0.05, 0) is 30.2 Å². The van der Waals surface area contributed by atoms with E-state index in [2.05, 4.69) is 5.32 Å². The van der Waals surface area contributed by atoms with Gasteiger partial charge in [0.2, 0.25) is 0 Å². The second-order valence-corrected chi connectivity index (χ2v) is 7.15. The van der Waals surface area contributed by atoms with Crippen LogP contribution in [0.5, 0.6) is 5.75 Å². The number of allylic oxidation sites excluding steroid dienone is 1. The molecule has 1 aliphatic carbocycles. The number of fused-ring (bicyclic) bond motifs is 1. The van der Waals surface area contributed by atoms with Crippen LogP contribution in [0.2, 0.25) is 0 Å². The van der Waals surface area contributed by atoms with E-state index in [0.29, 0.717) is 22.4 Å². The third-order valence-corrected chi connectivity index (χ3v) is 5.16. The number of hydrogen-bond donors (Lipinski definition) is 1. The zero-order valence-corrected chi connectivity index (χ0v) is 17.1. The van der Waals surface area contributed by atoms with Crippen molar-refractivity contribution in [2.75, 3.05) is 11.9 Å². The van der Waals surface area contributed by atoms with Gasteiger partial charge in [0, 0.05) is 22.4 Å². The molecule has 0 saturated heterocycles. The Labute approximate surface area is 180 Å². The largest absolute Gasteiger partial charge is 0.483 e. The molecule has 0 unspecified atom stereocenters. The molecular weight excluding hydrogens is 390 g/mol. The highest BCUT2D eigenvalue weighted by Crippen LogP contribution is 2.30. The quantitative estimate of drug-likeness (QED) is 0.470. The minimum absolute atomic E-state index is 0.0959. The number of nitrogens with one attached hydrogen (secondary N) is 1. The van der Waals surface area contributed by atoms with Crippen molar-refractivity contribution in [3.8, 4) is 5.75 Å². The van der Waals surface area contributed by atoms with Crippen molar-refractivity contribution in [1.82, 2.24) is 0 Å². The molecule has 0 radical (unpaired) electrons. The van der Waals surface area contributed by atoms with Gasteiger partial charge in [-0.1, -0.05) is 67.6 Å². The number of rotatable bonds is 6. The molecule has 1 N–H and O–H groups in total. The van der Waals surface area contributed by atoms with Crippen molar-refractivity contribution in [3.63, 3.8) is 0 Å². The number of ether oxygens (including phenoxy) is 1. The highest BCUT2D eigenvalue weighted by Gasteiger charge is 2.32. The fraction of sp³-hybridized carbons (Fsp3) is 0.115. The summed E-state index contributed by atoms with van der Waals surface area (Å²) in [4.78, 5) is 37.7. The Balaban J connectivity index is 1.51. The Kier molecular flexibility index (Phi) is 5.76. The Morgan fingerprint density at radius 1 is 0.871 bits per heavy atom. The highest BCUT2D eigenvalue weighted by atomic mass is 16.5. The fourth-order valence-electron chi connectivity index (χ4n) is 3.57. The molecule has 5 heteroatoms. The van der Waals surface area contributed by atoms with Gasteiger partial charge < -0.3 is 10.1 Å². The van der Waals surface area contributed by atoms with Crippen LogP contribution in [0.15, 0.2) is 78.4 Å². The van der Waals surface area contributed by atoms with E-state index in [1.54, 1.807) is 48.5 Å². The second kappa shape index (κ2) is 8.79. The molecule has 0 saturated carbocycles. The zero-order valence-electron chi connectivity index (χ0n) is 17.1. The summed E-state index contributed by atoms with van der Waals surface area (Å²) in [7, 11) is 0. The maximum atomic E-state index is 12.7. The first kappa shape index (κ1) is 20.3. The minimum Gasteiger partial charge on any atom is -0.483 e. The number of amides is 1. The van der Waals surface area contributed by atoms with Crippen LogP contribution in [0.25, 0.3) is 6.08 Å². The zero-order chi connectivity index (χ0) is 21.8. The van der Waals surface area contributed by atoms with Gasteiger partial charge in [-0.3, -0.25) is 14.4 Å². The number of aryl methyl sites for hydroxylation is 1. The molecule has 1 amide bonds. The molecular formula is C26H21NO4. The topological polar surface area (TPSA) is 72.5 Å². The molecule has 0 fully saturated rings. The van der Waals surface area contributed by atoms with Crippen LogP contribution < -0.4 is 10.1 Å². The van der Waals surface area contributed by atoms with E-state index in [0.717, 1.165) is 17.7 Å². The number of ketones is 2. The summed E-state index contributed by atoms with van der Waals surface area (Å²) in [5.41, 5.74) is 3.28. The average molecular weight is 411 g/mol. The SMILES string of the molecule is CCc1ccccc1NC(=O)COc1ccccc1C=C1C(=O)c2ccccc2C1=O. The number of carbonyl (C=O) groups is 3. The van der Waals surface area contributed by atoms with E-state index < -0.39 is 0 Å². The molecule has 0 heterocycles. The van der Waals surface area contributed by atoms with Gasteiger partial charge in [0.15, 0.2) is 18.2 Å². The maximum absolute atomic E-state index is 12.7. The smallest absolute Gasteiger partial charge is 0.262 e. The number of para-hydroxylation sites is 2. The Bertz CT molecular complexity index is 1170. The fourth-order valence-corrected chi connectivity index (χ4v) is 3.57. The molecule has 4 rings (SSSR count). The van der Waals surface area contributed by atoms with Gasteiger partial charge in [0.25, 0.3) is 5.91 Å². The van der Waals surface area contributed by atoms with Crippen molar-refractivity contribution in [2.24, 2.45) is 0 Å². The summed E-state index contributed by atoms with van der Waals surface area (Å²) in [6.45, 7) is 1.83. The van der Waals surface area contributed by atoms with E-state index in [9.17, 15) is 14.4 Å². The van der Waals surface area contributed by atoms with Crippen LogP contribution in [0, 0.1) is 0 Å². The van der Waals surface area contributed by atoms with E-state index in [4.69, 9.17) is 4.74 Å². The predicted octanol–water partition coefficient (Wildman–Crippen LogP) is 4.73. The Hall–Kier alpha value is -3.99. The van der Waals surface area contributed by atoms with E-state index >= 15 is 0 Å². The Morgan fingerprint density at radius 2 is 1.48 bits per heavy atom. The normalized spacial score (nSPS) is 12.5. The summed E-state index contributed by atoms with van der Waals surface area (Å²) < 4.78 is 5.72. The summed E-state index contributed by atoms with van der Waals surface area (Å²) in [5.74, 6) is -0.470. The number of carbonyl (C=O) groups excluding carboxylic acids is 3. The van der Waals surface area contributed by atoms with Crippen LogP contribution in [-0.2, 0) is 11.2 Å². The lowest BCUT2D eigenvalue weighted by atomic mass is 10.1. The first-order valence-electron chi connectivity index (χ1n) is 10.1. The summed E-state index contributed by atoms with van der Waals surface area (Å²) in [6, 6.07) is 21.4. The van der Waals surface area contributed by atoms with Gasteiger partial charge in [-0.15, -0.1) is 0 Å². The lowest BCUT2D eigenvalue weighted by Gasteiger charge is -2.12. The molecule has 0 atom stereocenters. The highest BCUT2D eigenvalue weighted by molar-refractivity contribution is 6.41. The van der Waals surface area contributed by atoms with Crippen molar-refractivity contribution >= 4 is 29.2 Å². The lowest BCUT2D eigenvalue weighted by molar-refractivity contribution is -0.118. The standard InChI is InChI=1S/C26H21NO4/c1-2-17-9-3-7-13-22(17)27-24(28)16-31-23-14-8-4-10-18(23)15-21-25(29)19-11-5-6-12-20(19)26(21)30/h3-15H,2,16H2,1H3,(H,27,28). The average Bonchev–Trinajstić information content (AvgIpc) is 3.04. The van der Waals surface area contributed by atoms with Gasteiger partial charge in [-0.2, -0.15) is 0 Å². The molecule has 3 aromatic rings. The van der Waals surface area contributed by atoms with Crippen LogP contribution in [-0.4, -0.2) is 24.1 Å². The van der Waals surface area contributed by atoms with Crippen molar-refractivity contribution < 1.29 is 19.1 Å². The van der Waals surface area contributed by atoms with Crippen LogP contribution in [0.3, 0.4) is 0 Å². The third-order valence-electron chi connectivity index (χ3n) is 5.16. The molecule has 154 valence electrons. The van der Waals surface area contributed by atoms with Gasteiger partial charge in [-0.25, -0.2) is 0 Å². The van der Waals surface area contributed by atoms with Crippen molar-refractivity contribution in [2.45, 2.75) is 13.3 Å². The number of anilines is 1. The Morgan fingerprint density at radius 3 is 2.19 bits per heavy atom. The summed E-state index contributed by atoms with van der Waals surface area (Å²) in [5, 5.41) is 2.86. The van der Waals surface area contributed by atoms with Gasteiger partial charge in [0.05, 0.1) is 5.57 Å². The minimum atomic E-state index is -0.302. The monoisotopic (exact) mass is 411 g/mol. The number of hydrogen-bond acceptors (Lipinski definition) is 4. The predicted molar refractivity (Wildman–Crippen MR) is 119 cm³/mol. The van der Waals surface area contributed by atoms with Gasteiger partial charge >= 0.3 is 0 Å². The molecule has 1 aliphatic rings. The van der Waals surface area contributed by atoms with E-state index in [-0.39, 0.29) is 29.7 Å². The summed E-state index contributed by atoms with van der Waals surface area (Å²) in [6.07, 6.45) is 2.34. The summed E-state index contributed by atoms with van der Waals surface area (Å²) >= 11 is 0. The van der Waals surface area contributed by atoms with Crippen molar-refractivity contribution in [1.29, 1.82) is 0 Å². The van der Waals surface area contributed by atoms with Gasteiger partial charge in [0.1, 0.15) is 5.75 Å². The van der Waals surface area contributed by atoms with Crippen molar-refractivity contribution in [3.05, 3.63) is 101 Å². The second-order valence-electron chi connectivity index (χ2n) is 7.15. The van der Waals surface area contributed by atoms with Crippen LogP contribution >= 0.6 is 0 Å². The first-order valence-corrected chi connectivity index (χ1v) is 10.1. The molecule has 0 aromatic heterocycles. The van der Waals surface area contributed by atoms with Crippen LogP contribution in [0.4, 0.5) is 5.69 Å². The molecule has 0 spiro atoms. The third kappa shape index (κ3) is 4.16.